The van der Waals surface area contributed by atoms with Crippen molar-refractivity contribution in [1.82, 2.24) is 19.8 Å². The van der Waals surface area contributed by atoms with Crippen LogP contribution in [0.15, 0.2) is 16.8 Å². The monoisotopic (exact) mass is 322 g/mol. The fourth-order valence-corrected chi connectivity index (χ4v) is 3.25. The number of amides is 1. The second-order valence-corrected chi connectivity index (χ2v) is 6.14. The second kappa shape index (κ2) is 6.12. The third-order valence-corrected chi connectivity index (χ3v) is 4.27. The van der Waals surface area contributed by atoms with Crippen molar-refractivity contribution in [2.24, 2.45) is 7.05 Å². The van der Waals surface area contributed by atoms with Gasteiger partial charge in [-0.25, -0.2) is 0 Å². The number of carbonyl (C=O) groups excluding carboxylic acids is 1. The van der Waals surface area contributed by atoms with Crippen molar-refractivity contribution in [3.05, 3.63) is 34.4 Å². The molecule has 3 heterocycles. The number of halogens is 1. The molecule has 2 aromatic rings. The summed E-state index contributed by atoms with van der Waals surface area (Å²) in [5.41, 5.74) is 1.46. The molecule has 118 valence electrons. The minimum absolute atomic E-state index is 0.117. The van der Waals surface area contributed by atoms with Crippen LogP contribution < -0.4 is 0 Å². The molecule has 1 atom stereocenters. The molecular weight excluding hydrogens is 304 g/mol. The Balaban J connectivity index is 1.94. The van der Waals surface area contributed by atoms with Crippen molar-refractivity contribution in [2.75, 3.05) is 6.54 Å². The molecule has 1 fully saturated rings. The first-order valence-electron chi connectivity index (χ1n) is 7.49. The first-order chi connectivity index (χ1) is 10.6. The molecule has 1 saturated heterocycles. The predicted molar refractivity (Wildman–Crippen MR) is 81.7 cm³/mol. The van der Waals surface area contributed by atoms with Crippen LogP contribution in [0.4, 0.5) is 0 Å². The summed E-state index contributed by atoms with van der Waals surface area (Å²) in [6.45, 7) is 2.48. The van der Waals surface area contributed by atoms with Gasteiger partial charge in [-0.1, -0.05) is 29.6 Å². The Kier molecular flexibility index (Phi) is 4.20. The highest BCUT2D eigenvalue weighted by Gasteiger charge is 2.32. The van der Waals surface area contributed by atoms with Gasteiger partial charge in [-0.15, -0.1) is 0 Å². The molecule has 0 unspecified atom stereocenters. The molecule has 6 nitrogen and oxygen atoms in total. The summed E-state index contributed by atoms with van der Waals surface area (Å²) in [7, 11) is 1.83. The van der Waals surface area contributed by atoms with E-state index in [9.17, 15) is 4.79 Å². The van der Waals surface area contributed by atoms with Gasteiger partial charge >= 0.3 is 0 Å². The fraction of sp³-hybridized carbons (Fsp3) is 0.533. The Morgan fingerprint density at radius 2 is 2.23 bits per heavy atom. The van der Waals surface area contributed by atoms with Crippen LogP contribution in [0.1, 0.15) is 53.7 Å². The van der Waals surface area contributed by atoms with Gasteiger partial charge in [0.15, 0.2) is 0 Å². The van der Waals surface area contributed by atoms with Crippen molar-refractivity contribution < 1.29 is 9.32 Å². The zero-order chi connectivity index (χ0) is 15.7. The minimum Gasteiger partial charge on any atom is -0.351 e. The van der Waals surface area contributed by atoms with Gasteiger partial charge in [0, 0.05) is 25.9 Å². The molecule has 3 rings (SSSR count). The summed E-state index contributed by atoms with van der Waals surface area (Å²) in [5.74, 6) is 0.130. The van der Waals surface area contributed by atoms with E-state index in [1.807, 2.05) is 11.9 Å². The topological polar surface area (TPSA) is 64.2 Å². The summed E-state index contributed by atoms with van der Waals surface area (Å²) < 4.78 is 6.82. The molecule has 0 spiro atoms. The highest BCUT2D eigenvalue weighted by Crippen LogP contribution is 2.34. The third kappa shape index (κ3) is 2.88. The summed E-state index contributed by atoms with van der Waals surface area (Å²) in [5, 5.41) is 8.86. The molecule has 0 aliphatic carbocycles. The van der Waals surface area contributed by atoms with Crippen LogP contribution >= 0.6 is 11.6 Å². The number of likely N-dealkylation sites (tertiary alicyclic amines) is 1. The highest BCUT2D eigenvalue weighted by molar-refractivity contribution is 6.31. The predicted octanol–water partition coefficient (Wildman–Crippen LogP) is 3.13. The number of hydrogen-bond acceptors (Lipinski definition) is 4. The molecule has 0 bridgehead atoms. The van der Waals surface area contributed by atoms with Crippen LogP contribution in [0, 0.1) is 6.92 Å². The normalized spacial score (nSPS) is 19.2. The van der Waals surface area contributed by atoms with Crippen molar-refractivity contribution in [3.63, 3.8) is 0 Å². The molecule has 1 aliphatic heterocycles. The maximum Gasteiger partial charge on any atom is 0.293 e. The van der Waals surface area contributed by atoms with Gasteiger partial charge in [-0.2, -0.15) is 5.10 Å². The maximum atomic E-state index is 12.8. The molecule has 0 saturated carbocycles. The lowest BCUT2D eigenvalue weighted by atomic mass is 10.1. The van der Waals surface area contributed by atoms with E-state index in [0.29, 0.717) is 17.3 Å². The van der Waals surface area contributed by atoms with E-state index in [4.69, 9.17) is 16.1 Å². The number of nitrogens with zero attached hydrogens (tertiary/aromatic N) is 4. The Labute approximate surface area is 134 Å². The lowest BCUT2D eigenvalue weighted by Gasteiger charge is -2.28. The van der Waals surface area contributed by atoms with E-state index in [2.05, 4.69) is 10.3 Å². The van der Waals surface area contributed by atoms with Gasteiger partial charge in [0.05, 0.1) is 16.8 Å². The summed E-state index contributed by atoms with van der Waals surface area (Å²) in [6, 6.07) is 1.55. The molecule has 2 aromatic heterocycles. The first kappa shape index (κ1) is 15.1. The first-order valence-corrected chi connectivity index (χ1v) is 7.87. The Bertz CT molecular complexity index is 679. The van der Waals surface area contributed by atoms with Gasteiger partial charge in [-0.05, 0) is 19.8 Å². The zero-order valence-electron chi connectivity index (χ0n) is 12.8. The maximum absolute atomic E-state index is 12.8. The average Bonchev–Trinajstić information content (AvgIpc) is 2.95. The smallest absolute Gasteiger partial charge is 0.293 e. The summed E-state index contributed by atoms with van der Waals surface area (Å²) in [4.78, 5) is 14.6. The Hall–Kier alpha value is -1.82. The number of rotatable bonds is 2. The molecule has 0 N–H and O–H groups in total. The number of carbonyl (C=O) groups is 1. The number of aryl methyl sites for hydroxylation is 2. The molecular formula is C15H19ClN4O2. The molecule has 0 aromatic carbocycles. The van der Waals surface area contributed by atoms with E-state index < -0.39 is 0 Å². The summed E-state index contributed by atoms with van der Waals surface area (Å²) in [6.07, 6.45) is 5.75. The molecule has 1 amide bonds. The van der Waals surface area contributed by atoms with Crippen molar-refractivity contribution >= 4 is 17.5 Å². The largest absolute Gasteiger partial charge is 0.351 e. The van der Waals surface area contributed by atoms with Crippen molar-refractivity contribution in [2.45, 2.75) is 38.6 Å². The SMILES string of the molecule is Cc1cc(C(=O)N2CCCCC[C@@H]2c2nn(C)cc2Cl)on1. The zero-order valence-corrected chi connectivity index (χ0v) is 13.5. The van der Waals surface area contributed by atoms with E-state index >= 15 is 0 Å². The van der Waals surface area contributed by atoms with Crippen LogP contribution in [0.5, 0.6) is 0 Å². The van der Waals surface area contributed by atoms with Crippen molar-refractivity contribution in [3.8, 4) is 0 Å². The van der Waals surface area contributed by atoms with Crippen molar-refractivity contribution in [1.29, 1.82) is 0 Å². The molecule has 7 heteroatoms. The van der Waals surface area contributed by atoms with Gasteiger partial charge in [0.2, 0.25) is 5.76 Å². The highest BCUT2D eigenvalue weighted by atomic mass is 35.5. The van der Waals surface area contributed by atoms with E-state index in [0.717, 1.165) is 31.4 Å². The van der Waals surface area contributed by atoms with Gasteiger partial charge in [0.25, 0.3) is 5.91 Å². The average molecular weight is 323 g/mol. The standard InChI is InChI=1S/C15H19ClN4O2/c1-10-8-13(22-18-10)15(21)20-7-5-3-4-6-12(20)14-11(16)9-19(2)17-14/h8-9,12H,3-7H2,1-2H3/t12-/m1/s1. The Morgan fingerprint density at radius 1 is 1.41 bits per heavy atom. The van der Waals surface area contributed by atoms with Crippen LogP contribution in [-0.4, -0.2) is 32.3 Å². The second-order valence-electron chi connectivity index (χ2n) is 5.73. The van der Waals surface area contributed by atoms with E-state index in [1.165, 1.54) is 0 Å². The van der Waals surface area contributed by atoms with Crippen LogP contribution in [0.2, 0.25) is 5.02 Å². The van der Waals surface area contributed by atoms with Gasteiger partial charge in [-0.3, -0.25) is 9.48 Å². The third-order valence-electron chi connectivity index (χ3n) is 3.98. The number of hydrogen-bond donors (Lipinski definition) is 0. The Morgan fingerprint density at radius 3 is 2.86 bits per heavy atom. The van der Waals surface area contributed by atoms with Crippen LogP contribution in [0.25, 0.3) is 0 Å². The lowest BCUT2D eigenvalue weighted by molar-refractivity contribution is 0.0634. The fourth-order valence-electron chi connectivity index (χ4n) is 2.94. The van der Waals surface area contributed by atoms with Gasteiger partial charge in [0.1, 0.15) is 5.69 Å². The lowest BCUT2D eigenvalue weighted by Crippen LogP contribution is -2.35. The van der Waals surface area contributed by atoms with Crippen LogP contribution in [0.3, 0.4) is 0 Å². The van der Waals surface area contributed by atoms with Crippen LogP contribution in [-0.2, 0) is 7.05 Å². The minimum atomic E-state index is -0.144. The molecule has 22 heavy (non-hydrogen) atoms. The molecule has 0 radical (unpaired) electrons. The quantitative estimate of drug-likeness (QED) is 0.852. The van der Waals surface area contributed by atoms with E-state index in [-0.39, 0.29) is 17.7 Å². The summed E-state index contributed by atoms with van der Waals surface area (Å²) >= 11 is 6.29. The number of aromatic nitrogens is 3. The van der Waals surface area contributed by atoms with E-state index in [1.54, 1.807) is 23.9 Å². The van der Waals surface area contributed by atoms with Gasteiger partial charge < -0.3 is 9.42 Å². The molecule has 1 aliphatic rings.